The molecule has 0 saturated carbocycles. The zero-order chi connectivity index (χ0) is 23.1. The fraction of sp³-hybridized carbons (Fsp3) is 0.393. The zero-order valence-electron chi connectivity index (χ0n) is 19.2. The maximum Gasteiger partial charge on any atom is 0.228 e. The highest BCUT2D eigenvalue weighted by Crippen LogP contribution is 2.38. The first-order valence-corrected chi connectivity index (χ1v) is 11.9. The lowest BCUT2D eigenvalue weighted by molar-refractivity contribution is -0.144. The molecule has 2 aromatic rings. The minimum absolute atomic E-state index is 0.00410. The Bertz CT molecular complexity index is 1020. The number of pyridine rings is 1. The second-order valence-electron chi connectivity index (χ2n) is 9.20. The van der Waals surface area contributed by atoms with Crippen LogP contribution >= 0.6 is 0 Å². The molecule has 1 aliphatic heterocycles. The van der Waals surface area contributed by atoms with E-state index in [1.165, 1.54) is 0 Å². The fourth-order valence-electron chi connectivity index (χ4n) is 5.20. The van der Waals surface area contributed by atoms with Crippen LogP contribution in [0.1, 0.15) is 37.7 Å². The smallest absolute Gasteiger partial charge is 0.228 e. The molecule has 0 spiro atoms. The molecule has 1 saturated heterocycles. The highest BCUT2D eigenvalue weighted by atomic mass is 16.2. The number of carbonyl (C=O) groups is 2. The molecule has 1 fully saturated rings. The largest absolute Gasteiger partial charge is 0.352 e. The number of rotatable bonds is 7. The third-order valence-electron chi connectivity index (χ3n) is 6.91. The predicted molar refractivity (Wildman–Crippen MR) is 131 cm³/mol. The first kappa shape index (κ1) is 23.0. The molecule has 0 unspecified atom stereocenters. The minimum atomic E-state index is -0.667. The van der Waals surface area contributed by atoms with Crippen molar-refractivity contribution in [3.63, 3.8) is 0 Å². The van der Waals surface area contributed by atoms with E-state index in [9.17, 15) is 9.59 Å². The van der Waals surface area contributed by atoms with Gasteiger partial charge in [-0.3, -0.25) is 14.6 Å². The third kappa shape index (κ3) is 5.24. The summed E-state index contributed by atoms with van der Waals surface area (Å²) in [7, 11) is 0. The number of hydrogen-bond acceptors (Lipinski definition) is 3. The van der Waals surface area contributed by atoms with Crippen molar-refractivity contribution in [2.75, 3.05) is 19.6 Å². The molecule has 5 heteroatoms. The Hall–Kier alpha value is -3.21. The molecule has 1 aromatic carbocycles. The topological polar surface area (TPSA) is 62.3 Å². The average Bonchev–Trinajstić information content (AvgIpc) is 2.88. The van der Waals surface area contributed by atoms with Crippen LogP contribution in [0.3, 0.4) is 0 Å². The highest BCUT2D eigenvalue weighted by Gasteiger charge is 2.44. The number of carbonyl (C=O) groups excluding carboxylic acids is 2. The van der Waals surface area contributed by atoms with Gasteiger partial charge in [-0.15, -0.1) is 6.58 Å². The molecular formula is C28H33N3O2. The monoisotopic (exact) mass is 443 g/mol. The van der Waals surface area contributed by atoms with Crippen LogP contribution in [0.5, 0.6) is 0 Å². The van der Waals surface area contributed by atoms with Gasteiger partial charge in [0.15, 0.2) is 0 Å². The van der Waals surface area contributed by atoms with Crippen LogP contribution in [0.2, 0.25) is 0 Å². The van der Waals surface area contributed by atoms with E-state index in [0.29, 0.717) is 19.5 Å². The number of benzene rings is 1. The van der Waals surface area contributed by atoms with Crippen molar-refractivity contribution in [2.45, 2.75) is 38.5 Å². The van der Waals surface area contributed by atoms with Gasteiger partial charge in [-0.2, -0.15) is 0 Å². The van der Waals surface area contributed by atoms with Gasteiger partial charge in [-0.1, -0.05) is 48.6 Å². The van der Waals surface area contributed by atoms with Crippen LogP contribution in [-0.4, -0.2) is 41.3 Å². The predicted octanol–water partition coefficient (Wildman–Crippen LogP) is 4.56. The molecule has 0 radical (unpaired) electrons. The minimum Gasteiger partial charge on any atom is -0.352 e. The van der Waals surface area contributed by atoms with Crippen LogP contribution in [-0.2, 0) is 16.0 Å². The quantitative estimate of drug-likeness (QED) is 0.638. The lowest BCUT2D eigenvalue weighted by atomic mass is 9.72. The van der Waals surface area contributed by atoms with E-state index in [-0.39, 0.29) is 17.7 Å². The fourth-order valence-corrected chi connectivity index (χ4v) is 5.20. The Labute approximate surface area is 196 Å². The van der Waals surface area contributed by atoms with Gasteiger partial charge < -0.3 is 10.2 Å². The molecule has 33 heavy (non-hydrogen) atoms. The lowest BCUT2D eigenvalue weighted by Crippen LogP contribution is -2.55. The van der Waals surface area contributed by atoms with Crippen molar-refractivity contribution in [3.05, 3.63) is 79.2 Å². The van der Waals surface area contributed by atoms with E-state index >= 15 is 0 Å². The van der Waals surface area contributed by atoms with Gasteiger partial charge in [-0.25, -0.2) is 0 Å². The zero-order valence-corrected chi connectivity index (χ0v) is 19.2. The normalized spacial score (nSPS) is 22.5. The van der Waals surface area contributed by atoms with Crippen molar-refractivity contribution >= 4 is 11.8 Å². The van der Waals surface area contributed by atoms with Gasteiger partial charge in [-0.05, 0) is 55.7 Å². The van der Waals surface area contributed by atoms with E-state index in [1.54, 1.807) is 12.3 Å². The van der Waals surface area contributed by atoms with Gasteiger partial charge >= 0.3 is 0 Å². The molecule has 172 valence electrons. The number of piperidine rings is 1. The van der Waals surface area contributed by atoms with E-state index in [2.05, 4.69) is 41.2 Å². The Balaban J connectivity index is 1.64. The van der Waals surface area contributed by atoms with E-state index in [1.807, 2.05) is 35.4 Å². The summed E-state index contributed by atoms with van der Waals surface area (Å²) in [4.78, 5) is 33.1. The molecule has 4 rings (SSSR count). The average molecular weight is 444 g/mol. The van der Waals surface area contributed by atoms with Crippen LogP contribution in [0.4, 0.5) is 0 Å². The van der Waals surface area contributed by atoms with Gasteiger partial charge in [0.05, 0.1) is 5.41 Å². The third-order valence-corrected chi connectivity index (χ3v) is 6.91. The standard InChI is InChI=1S/C28H33N3O2/c1-2-16-30-27(33)28(15-9-18-31(21-28)26(32)22-10-4-3-5-11-22)19-23-12-6-7-14-25(23)24-13-8-17-29-20-24/h2-4,6-8,12-14,17,20,22H,1,5,9-11,15-16,18-19,21H2,(H,30,33)/t22-,28+/m0/s1. The molecule has 0 bridgehead atoms. The molecule has 5 nitrogen and oxygen atoms in total. The van der Waals surface area contributed by atoms with E-state index in [0.717, 1.165) is 55.3 Å². The maximum atomic E-state index is 13.6. The summed E-state index contributed by atoms with van der Waals surface area (Å²) in [5.74, 6) is 0.231. The molecule has 1 N–H and O–H groups in total. The summed E-state index contributed by atoms with van der Waals surface area (Å²) in [5, 5.41) is 3.04. The Morgan fingerprint density at radius 3 is 2.85 bits per heavy atom. The number of hydrogen-bond donors (Lipinski definition) is 1. The summed E-state index contributed by atoms with van der Waals surface area (Å²) >= 11 is 0. The molecule has 1 aliphatic carbocycles. The molecule has 2 aliphatic rings. The lowest BCUT2D eigenvalue weighted by Gasteiger charge is -2.43. The van der Waals surface area contributed by atoms with Crippen LogP contribution in [0.15, 0.2) is 73.6 Å². The highest BCUT2D eigenvalue weighted by molar-refractivity contribution is 5.86. The molecule has 1 aromatic heterocycles. The van der Waals surface area contributed by atoms with Crippen molar-refractivity contribution < 1.29 is 9.59 Å². The number of allylic oxidation sites excluding steroid dienone is 2. The van der Waals surface area contributed by atoms with Crippen LogP contribution in [0.25, 0.3) is 11.1 Å². The first-order chi connectivity index (χ1) is 16.1. The van der Waals surface area contributed by atoms with Crippen molar-refractivity contribution in [1.82, 2.24) is 15.2 Å². The van der Waals surface area contributed by atoms with Gasteiger partial charge in [0, 0.05) is 43.5 Å². The van der Waals surface area contributed by atoms with Crippen LogP contribution < -0.4 is 5.32 Å². The molecule has 2 heterocycles. The summed E-state index contributed by atoms with van der Waals surface area (Å²) in [5.41, 5.74) is 2.56. The SMILES string of the molecule is C=CCNC(=O)[C@@]1(Cc2ccccc2-c2cccnc2)CCCN(C(=O)[C@H]2CC=CCC2)C1. The Kier molecular flexibility index (Phi) is 7.38. The van der Waals surface area contributed by atoms with Gasteiger partial charge in [0.1, 0.15) is 0 Å². The number of aromatic nitrogens is 1. The maximum absolute atomic E-state index is 13.6. The molecule has 2 amide bonds. The number of amides is 2. The number of nitrogens with zero attached hydrogens (tertiary/aromatic N) is 2. The van der Waals surface area contributed by atoms with E-state index < -0.39 is 5.41 Å². The summed E-state index contributed by atoms with van der Waals surface area (Å²) in [6, 6.07) is 12.2. The molecular weight excluding hydrogens is 410 g/mol. The number of likely N-dealkylation sites (tertiary alicyclic amines) is 1. The van der Waals surface area contributed by atoms with Gasteiger partial charge in [0.2, 0.25) is 11.8 Å². The van der Waals surface area contributed by atoms with E-state index in [4.69, 9.17) is 0 Å². The summed E-state index contributed by atoms with van der Waals surface area (Å²) < 4.78 is 0. The van der Waals surface area contributed by atoms with Gasteiger partial charge in [0.25, 0.3) is 0 Å². The van der Waals surface area contributed by atoms with Crippen LogP contribution in [0, 0.1) is 11.3 Å². The second kappa shape index (κ2) is 10.6. The molecule has 2 atom stereocenters. The first-order valence-electron chi connectivity index (χ1n) is 11.9. The summed E-state index contributed by atoms with van der Waals surface area (Å²) in [6.45, 7) is 5.35. The van der Waals surface area contributed by atoms with Crippen molar-refractivity contribution in [3.8, 4) is 11.1 Å². The Morgan fingerprint density at radius 2 is 2.09 bits per heavy atom. The summed E-state index contributed by atoms with van der Waals surface area (Å²) in [6.07, 6.45) is 14.4. The second-order valence-corrected chi connectivity index (χ2v) is 9.20. The van der Waals surface area contributed by atoms with Crippen molar-refractivity contribution in [1.29, 1.82) is 0 Å². The van der Waals surface area contributed by atoms with Crippen molar-refractivity contribution in [2.24, 2.45) is 11.3 Å². The number of nitrogens with one attached hydrogen (secondary N) is 1. The Morgan fingerprint density at radius 1 is 1.21 bits per heavy atom.